The molecule has 0 radical (unpaired) electrons. The van der Waals surface area contributed by atoms with Crippen LogP contribution in [0.15, 0.2) is 18.2 Å². The first kappa shape index (κ1) is 10.3. The molecule has 0 aromatic heterocycles. The third kappa shape index (κ3) is 2.22. The van der Waals surface area contributed by atoms with Crippen LogP contribution in [0.5, 0.6) is 0 Å². The minimum atomic E-state index is -0.204. The van der Waals surface area contributed by atoms with Gasteiger partial charge in [0.25, 0.3) is 0 Å². The van der Waals surface area contributed by atoms with Gasteiger partial charge in [0.2, 0.25) is 0 Å². The molecule has 0 amide bonds. The van der Waals surface area contributed by atoms with E-state index in [0.717, 1.165) is 31.8 Å². The Hall–Kier alpha value is -1.25. The Bertz CT molecular complexity index is 343. The van der Waals surface area contributed by atoms with E-state index in [1.54, 1.807) is 12.1 Å². The second-order valence-corrected chi connectivity index (χ2v) is 4.38. The molecular weight excluding hydrogens is 191 g/mol. The Kier molecular flexibility index (Phi) is 2.80. The summed E-state index contributed by atoms with van der Waals surface area (Å²) in [4.78, 5) is 2.11. The molecule has 0 spiro atoms. The maximum absolute atomic E-state index is 13.6. The molecule has 0 atom stereocenters. The van der Waals surface area contributed by atoms with Gasteiger partial charge < -0.3 is 10.6 Å². The fourth-order valence-corrected chi connectivity index (χ4v) is 2.03. The maximum Gasteiger partial charge on any atom is 0.148 e. The predicted molar refractivity (Wildman–Crippen MR) is 61.4 cm³/mol. The van der Waals surface area contributed by atoms with E-state index >= 15 is 0 Å². The molecule has 0 saturated carbocycles. The molecule has 1 aliphatic heterocycles. The monoisotopic (exact) mass is 208 g/mol. The summed E-state index contributed by atoms with van der Waals surface area (Å²) in [6.45, 7) is 4.14. The van der Waals surface area contributed by atoms with Crippen molar-refractivity contribution >= 4 is 11.4 Å². The number of piperidine rings is 1. The van der Waals surface area contributed by atoms with Crippen LogP contribution < -0.4 is 10.6 Å². The Labute approximate surface area is 89.9 Å². The molecule has 15 heavy (non-hydrogen) atoms. The van der Waals surface area contributed by atoms with Gasteiger partial charge in [-0.3, -0.25) is 0 Å². The number of hydrogen-bond donors (Lipinski definition) is 1. The van der Waals surface area contributed by atoms with E-state index in [2.05, 4.69) is 11.8 Å². The predicted octanol–water partition coefficient (Wildman–Crippen LogP) is 2.64. The Morgan fingerprint density at radius 1 is 1.33 bits per heavy atom. The van der Waals surface area contributed by atoms with Crippen LogP contribution in [0.1, 0.15) is 19.8 Å². The lowest BCUT2D eigenvalue weighted by atomic mass is 9.99. The maximum atomic E-state index is 13.6. The SMILES string of the molecule is CC1CCN(c2ccc(N)cc2F)CC1. The van der Waals surface area contributed by atoms with Gasteiger partial charge in [0.05, 0.1) is 5.69 Å². The highest BCUT2D eigenvalue weighted by molar-refractivity contribution is 5.54. The van der Waals surface area contributed by atoms with Gasteiger partial charge in [-0.1, -0.05) is 6.92 Å². The molecule has 3 heteroatoms. The highest BCUT2D eigenvalue weighted by atomic mass is 19.1. The van der Waals surface area contributed by atoms with Crippen molar-refractivity contribution in [3.05, 3.63) is 24.0 Å². The third-order valence-corrected chi connectivity index (χ3v) is 3.10. The molecule has 1 heterocycles. The molecule has 2 nitrogen and oxygen atoms in total. The summed E-state index contributed by atoms with van der Waals surface area (Å²) in [5.41, 5.74) is 6.70. The molecule has 1 aliphatic rings. The van der Waals surface area contributed by atoms with E-state index in [1.807, 2.05) is 0 Å². The molecule has 1 aromatic carbocycles. The van der Waals surface area contributed by atoms with Crippen LogP contribution in [-0.2, 0) is 0 Å². The van der Waals surface area contributed by atoms with Gasteiger partial charge in [-0.2, -0.15) is 0 Å². The standard InChI is InChI=1S/C12H17FN2/c1-9-4-6-15(7-5-9)12-3-2-10(14)8-11(12)13/h2-3,8-9H,4-7,14H2,1H3. The van der Waals surface area contributed by atoms with E-state index in [0.29, 0.717) is 11.4 Å². The first-order valence-corrected chi connectivity index (χ1v) is 5.47. The van der Waals surface area contributed by atoms with Gasteiger partial charge in [0, 0.05) is 18.8 Å². The van der Waals surface area contributed by atoms with Crippen molar-refractivity contribution in [3.8, 4) is 0 Å². The van der Waals surface area contributed by atoms with Crippen LogP contribution in [0.4, 0.5) is 15.8 Å². The van der Waals surface area contributed by atoms with E-state index in [-0.39, 0.29) is 5.82 Å². The topological polar surface area (TPSA) is 29.3 Å². The smallest absolute Gasteiger partial charge is 0.148 e. The average Bonchev–Trinajstić information content (AvgIpc) is 2.20. The van der Waals surface area contributed by atoms with Gasteiger partial charge in [-0.05, 0) is 37.0 Å². The van der Waals surface area contributed by atoms with Crippen molar-refractivity contribution in [1.29, 1.82) is 0 Å². The highest BCUT2D eigenvalue weighted by Crippen LogP contribution is 2.26. The summed E-state index contributed by atoms with van der Waals surface area (Å²) in [6, 6.07) is 4.93. The fourth-order valence-electron chi connectivity index (χ4n) is 2.03. The largest absolute Gasteiger partial charge is 0.399 e. The molecule has 0 unspecified atom stereocenters. The number of benzene rings is 1. The van der Waals surface area contributed by atoms with Crippen LogP contribution in [0.2, 0.25) is 0 Å². The number of rotatable bonds is 1. The number of anilines is 2. The van der Waals surface area contributed by atoms with E-state index in [1.165, 1.54) is 6.07 Å². The first-order valence-electron chi connectivity index (χ1n) is 5.47. The number of nitrogens with two attached hydrogens (primary N) is 1. The van der Waals surface area contributed by atoms with Gasteiger partial charge in [0.1, 0.15) is 5.82 Å². The van der Waals surface area contributed by atoms with Gasteiger partial charge in [0.15, 0.2) is 0 Å². The lowest BCUT2D eigenvalue weighted by molar-refractivity contribution is 0.434. The van der Waals surface area contributed by atoms with E-state index in [4.69, 9.17) is 5.73 Å². The number of halogens is 1. The Balaban J connectivity index is 2.15. The van der Waals surface area contributed by atoms with Crippen LogP contribution in [0, 0.1) is 11.7 Å². The van der Waals surface area contributed by atoms with Crippen molar-refractivity contribution in [2.24, 2.45) is 5.92 Å². The highest BCUT2D eigenvalue weighted by Gasteiger charge is 2.18. The van der Waals surface area contributed by atoms with Gasteiger partial charge in [-0.25, -0.2) is 4.39 Å². The Morgan fingerprint density at radius 3 is 2.60 bits per heavy atom. The summed E-state index contributed by atoms with van der Waals surface area (Å²) in [6.07, 6.45) is 2.29. The number of nitrogens with zero attached hydrogens (tertiary/aromatic N) is 1. The minimum Gasteiger partial charge on any atom is -0.399 e. The van der Waals surface area contributed by atoms with Crippen molar-refractivity contribution in [2.45, 2.75) is 19.8 Å². The van der Waals surface area contributed by atoms with Crippen LogP contribution >= 0.6 is 0 Å². The summed E-state index contributed by atoms with van der Waals surface area (Å²) in [5, 5.41) is 0. The second-order valence-electron chi connectivity index (χ2n) is 4.38. The summed E-state index contributed by atoms with van der Waals surface area (Å²) >= 11 is 0. The zero-order chi connectivity index (χ0) is 10.8. The van der Waals surface area contributed by atoms with E-state index in [9.17, 15) is 4.39 Å². The van der Waals surface area contributed by atoms with Crippen LogP contribution in [0.25, 0.3) is 0 Å². The molecule has 1 aromatic rings. The van der Waals surface area contributed by atoms with E-state index < -0.39 is 0 Å². The molecule has 2 rings (SSSR count). The summed E-state index contributed by atoms with van der Waals surface area (Å²) in [7, 11) is 0. The van der Waals surface area contributed by atoms with Crippen molar-refractivity contribution in [3.63, 3.8) is 0 Å². The summed E-state index contributed by atoms with van der Waals surface area (Å²) in [5.74, 6) is 0.558. The fraction of sp³-hybridized carbons (Fsp3) is 0.500. The lowest BCUT2D eigenvalue weighted by Crippen LogP contribution is -2.33. The molecule has 2 N–H and O–H groups in total. The van der Waals surface area contributed by atoms with Crippen molar-refractivity contribution < 1.29 is 4.39 Å². The lowest BCUT2D eigenvalue weighted by Gasteiger charge is -2.32. The molecule has 82 valence electrons. The first-order chi connectivity index (χ1) is 7.16. The molecular formula is C12H17FN2. The Morgan fingerprint density at radius 2 is 2.00 bits per heavy atom. The van der Waals surface area contributed by atoms with Crippen molar-refractivity contribution in [2.75, 3.05) is 23.7 Å². The second kappa shape index (κ2) is 4.09. The zero-order valence-electron chi connectivity index (χ0n) is 9.04. The average molecular weight is 208 g/mol. The molecule has 1 saturated heterocycles. The third-order valence-electron chi connectivity index (χ3n) is 3.10. The molecule has 1 fully saturated rings. The van der Waals surface area contributed by atoms with Crippen molar-refractivity contribution in [1.82, 2.24) is 0 Å². The number of hydrogen-bond acceptors (Lipinski definition) is 2. The number of nitrogen functional groups attached to an aromatic ring is 1. The van der Waals surface area contributed by atoms with Crippen LogP contribution in [0.3, 0.4) is 0 Å². The van der Waals surface area contributed by atoms with Gasteiger partial charge >= 0.3 is 0 Å². The minimum absolute atomic E-state index is 0.204. The molecule has 0 aliphatic carbocycles. The quantitative estimate of drug-likeness (QED) is 0.719. The summed E-state index contributed by atoms with van der Waals surface area (Å²) < 4.78 is 13.6. The van der Waals surface area contributed by atoms with Gasteiger partial charge in [-0.15, -0.1) is 0 Å². The van der Waals surface area contributed by atoms with Crippen LogP contribution in [-0.4, -0.2) is 13.1 Å². The normalized spacial score (nSPS) is 18.1. The molecule has 0 bridgehead atoms. The zero-order valence-corrected chi connectivity index (χ0v) is 9.04.